The molecule has 0 aliphatic heterocycles. The number of hydrogen-bond donors (Lipinski definition) is 1. The van der Waals surface area contributed by atoms with Crippen LogP contribution in [-0.4, -0.2) is 25.6 Å². The molecule has 5 rings (SSSR count). The molecule has 3 aromatic heterocycles. The molecule has 5 aromatic rings. The summed E-state index contributed by atoms with van der Waals surface area (Å²) in [6.45, 7) is 3.63. The number of nitrogens with zero attached hydrogens (tertiary/aromatic N) is 4. The van der Waals surface area contributed by atoms with Crippen molar-refractivity contribution in [3.05, 3.63) is 81.4 Å². The van der Waals surface area contributed by atoms with Crippen LogP contribution in [0.5, 0.6) is 0 Å². The Morgan fingerprint density at radius 3 is 2.74 bits per heavy atom. The molecule has 2 aromatic carbocycles. The van der Waals surface area contributed by atoms with Gasteiger partial charge in [0.1, 0.15) is 11.4 Å². The van der Waals surface area contributed by atoms with Gasteiger partial charge in [0.15, 0.2) is 0 Å². The molecule has 0 saturated carbocycles. The monoisotopic (exact) mass is 491 g/mol. The lowest BCUT2D eigenvalue weighted by Gasteiger charge is -2.07. The zero-order valence-electron chi connectivity index (χ0n) is 18.2. The predicted octanol–water partition coefficient (Wildman–Crippen LogP) is 5.08. The van der Waals surface area contributed by atoms with Gasteiger partial charge in [0, 0.05) is 16.3 Å². The fourth-order valence-corrected chi connectivity index (χ4v) is 4.77. The van der Waals surface area contributed by atoms with E-state index in [0.29, 0.717) is 43.1 Å². The molecule has 170 valence electrons. The van der Waals surface area contributed by atoms with Gasteiger partial charge in [0.2, 0.25) is 11.7 Å². The maximum atomic E-state index is 13.2. The third-order valence-corrected chi connectivity index (χ3v) is 6.70. The molecule has 8 nitrogen and oxygen atoms in total. The number of halogens is 1. The molecule has 0 saturated heterocycles. The lowest BCUT2D eigenvalue weighted by molar-refractivity contribution is -0.116. The van der Waals surface area contributed by atoms with E-state index in [2.05, 4.69) is 20.4 Å². The molecule has 3 heterocycles. The summed E-state index contributed by atoms with van der Waals surface area (Å²) in [6.07, 6.45) is 1.37. The first-order valence-electron chi connectivity index (χ1n) is 10.3. The predicted molar refractivity (Wildman–Crippen MR) is 132 cm³/mol. The minimum absolute atomic E-state index is 0.174. The van der Waals surface area contributed by atoms with Crippen molar-refractivity contribution in [2.75, 3.05) is 5.32 Å². The first kappa shape index (κ1) is 22.0. The highest BCUT2D eigenvalue weighted by Gasteiger charge is 2.21. The SMILES string of the molecule is Cc1cccc(-c2noc(-c3sc4ncn(CC(=O)Nc5ccc(Cl)cc5)c(=O)c4c3C)n2)c1. The van der Waals surface area contributed by atoms with Crippen molar-refractivity contribution >= 4 is 44.7 Å². The summed E-state index contributed by atoms with van der Waals surface area (Å²) in [5.74, 6) is 0.446. The Balaban J connectivity index is 1.44. The molecule has 0 radical (unpaired) electrons. The standard InChI is InChI=1S/C24H18ClN5O3S/c1-13-4-3-5-15(10-13)21-28-22(33-29-21)20-14(2)19-23(34-20)26-12-30(24(19)32)11-18(31)27-17-8-6-16(25)7-9-17/h3-10,12H,11H2,1-2H3,(H,27,31). The van der Waals surface area contributed by atoms with E-state index in [1.54, 1.807) is 24.3 Å². The first-order chi connectivity index (χ1) is 16.4. The molecular formula is C24H18ClN5O3S. The van der Waals surface area contributed by atoms with Crippen LogP contribution in [0.3, 0.4) is 0 Å². The fourth-order valence-electron chi connectivity index (χ4n) is 3.58. The quantitative estimate of drug-likeness (QED) is 0.367. The van der Waals surface area contributed by atoms with Gasteiger partial charge < -0.3 is 9.84 Å². The number of fused-ring (bicyclic) bond motifs is 1. The molecule has 1 amide bonds. The molecule has 34 heavy (non-hydrogen) atoms. The van der Waals surface area contributed by atoms with E-state index in [1.807, 2.05) is 38.1 Å². The second kappa shape index (κ2) is 8.85. The van der Waals surface area contributed by atoms with Crippen molar-refractivity contribution in [2.24, 2.45) is 0 Å². The molecule has 0 spiro atoms. The zero-order chi connectivity index (χ0) is 23.8. The Bertz CT molecular complexity index is 1590. The number of carbonyl (C=O) groups is 1. The molecule has 0 fully saturated rings. The van der Waals surface area contributed by atoms with Gasteiger partial charge in [-0.05, 0) is 49.7 Å². The molecule has 0 aliphatic carbocycles. The first-order valence-corrected chi connectivity index (χ1v) is 11.5. The molecule has 0 aliphatic rings. The Morgan fingerprint density at radius 2 is 1.97 bits per heavy atom. The summed E-state index contributed by atoms with van der Waals surface area (Å²) in [4.78, 5) is 35.8. The van der Waals surface area contributed by atoms with Gasteiger partial charge in [-0.2, -0.15) is 4.98 Å². The van der Waals surface area contributed by atoms with Crippen LogP contribution in [0.2, 0.25) is 5.02 Å². The molecule has 0 unspecified atom stereocenters. The van der Waals surface area contributed by atoms with Gasteiger partial charge in [-0.25, -0.2) is 4.98 Å². The second-order valence-corrected chi connectivity index (χ2v) is 9.20. The number of benzene rings is 2. The third kappa shape index (κ3) is 4.23. The summed E-state index contributed by atoms with van der Waals surface area (Å²) < 4.78 is 6.78. The molecule has 0 bridgehead atoms. The second-order valence-electron chi connectivity index (χ2n) is 7.76. The van der Waals surface area contributed by atoms with Crippen molar-refractivity contribution in [3.8, 4) is 22.2 Å². The van der Waals surface area contributed by atoms with Crippen LogP contribution in [0, 0.1) is 13.8 Å². The fraction of sp³-hybridized carbons (Fsp3) is 0.125. The van der Waals surface area contributed by atoms with E-state index in [1.165, 1.54) is 22.2 Å². The average Bonchev–Trinajstić information content (AvgIpc) is 3.42. The minimum Gasteiger partial charge on any atom is -0.333 e. The van der Waals surface area contributed by atoms with Crippen molar-refractivity contribution in [1.82, 2.24) is 19.7 Å². The van der Waals surface area contributed by atoms with Crippen LogP contribution in [0.4, 0.5) is 5.69 Å². The van der Waals surface area contributed by atoms with Crippen LogP contribution in [0.1, 0.15) is 11.1 Å². The third-order valence-electron chi connectivity index (χ3n) is 5.26. The van der Waals surface area contributed by atoms with Gasteiger partial charge in [-0.1, -0.05) is 40.5 Å². The largest absolute Gasteiger partial charge is 0.333 e. The van der Waals surface area contributed by atoms with E-state index < -0.39 is 0 Å². The Kier molecular flexibility index (Phi) is 5.72. The summed E-state index contributed by atoms with van der Waals surface area (Å²) in [6, 6.07) is 14.5. The zero-order valence-corrected chi connectivity index (χ0v) is 19.8. The highest BCUT2D eigenvalue weighted by Crippen LogP contribution is 2.35. The number of rotatable bonds is 5. The number of carbonyl (C=O) groups excluding carboxylic acids is 1. The van der Waals surface area contributed by atoms with Crippen molar-refractivity contribution in [1.29, 1.82) is 0 Å². The number of hydrogen-bond acceptors (Lipinski definition) is 7. The number of aromatic nitrogens is 4. The van der Waals surface area contributed by atoms with Gasteiger partial charge in [-0.15, -0.1) is 11.3 Å². The van der Waals surface area contributed by atoms with Crippen LogP contribution in [0.15, 0.2) is 64.2 Å². The Labute approximate surface area is 202 Å². The number of nitrogens with one attached hydrogen (secondary N) is 1. The average molecular weight is 492 g/mol. The lowest BCUT2D eigenvalue weighted by atomic mass is 10.1. The van der Waals surface area contributed by atoms with Gasteiger partial charge in [-0.3, -0.25) is 14.2 Å². The Morgan fingerprint density at radius 1 is 1.18 bits per heavy atom. The van der Waals surface area contributed by atoms with Crippen LogP contribution in [0.25, 0.3) is 32.4 Å². The number of amides is 1. The summed E-state index contributed by atoms with van der Waals surface area (Å²) in [7, 11) is 0. The highest BCUT2D eigenvalue weighted by atomic mass is 35.5. The topological polar surface area (TPSA) is 103 Å². The van der Waals surface area contributed by atoms with Crippen LogP contribution in [-0.2, 0) is 11.3 Å². The van der Waals surface area contributed by atoms with E-state index in [9.17, 15) is 9.59 Å². The van der Waals surface area contributed by atoms with Gasteiger partial charge >= 0.3 is 0 Å². The van der Waals surface area contributed by atoms with E-state index >= 15 is 0 Å². The van der Waals surface area contributed by atoms with Crippen LogP contribution >= 0.6 is 22.9 Å². The minimum atomic E-state index is -0.349. The molecule has 1 N–H and O–H groups in total. The normalized spacial score (nSPS) is 11.1. The summed E-state index contributed by atoms with van der Waals surface area (Å²) in [5.41, 5.74) is 2.90. The summed E-state index contributed by atoms with van der Waals surface area (Å²) in [5, 5.41) is 7.84. The van der Waals surface area contributed by atoms with Crippen molar-refractivity contribution in [2.45, 2.75) is 20.4 Å². The van der Waals surface area contributed by atoms with Crippen LogP contribution < -0.4 is 10.9 Å². The van der Waals surface area contributed by atoms with Crippen molar-refractivity contribution < 1.29 is 9.32 Å². The highest BCUT2D eigenvalue weighted by molar-refractivity contribution is 7.22. The van der Waals surface area contributed by atoms with Gasteiger partial charge in [0.25, 0.3) is 11.4 Å². The van der Waals surface area contributed by atoms with E-state index in [0.717, 1.165) is 11.1 Å². The maximum absolute atomic E-state index is 13.2. The summed E-state index contributed by atoms with van der Waals surface area (Å²) >= 11 is 7.17. The maximum Gasteiger partial charge on any atom is 0.268 e. The van der Waals surface area contributed by atoms with E-state index in [-0.39, 0.29) is 18.0 Å². The molecular weight excluding hydrogens is 474 g/mol. The smallest absolute Gasteiger partial charge is 0.268 e. The molecule has 0 atom stereocenters. The molecule has 10 heteroatoms. The van der Waals surface area contributed by atoms with Crippen molar-refractivity contribution in [3.63, 3.8) is 0 Å². The lowest BCUT2D eigenvalue weighted by Crippen LogP contribution is -2.27. The van der Waals surface area contributed by atoms with E-state index in [4.69, 9.17) is 16.1 Å². The number of anilines is 1. The Hall–Kier alpha value is -3.82. The number of thiophene rings is 1. The number of aryl methyl sites for hydroxylation is 2. The van der Waals surface area contributed by atoms with Gasteiger partial charge in [0.05, 0.1) is 16.6 Å².